The number of aryl methyl sites for hydroxylation is 2. The summed E-state index contributed by atoms with van der Waals surface area (Å²) in [5, 5.41) is 3.20. The second kappa shape index (κ2) is 8.24. The zero-order chi connectivity index (χ0) is 24.1. The lowest BCUT2D eigenvalue weighted by atomic mass is 9.87. The summed E-state index contributed by atoms with van der Waals surface area (Å²) in [6.45, 7) is 1.67. The van der Waals surface area contributed by atoms with Crippen molar-refractivity contribution < 1.29 is 14.0 Å². The van der Waals surface area contributed by atoms with Crippen LogP contribution in [0.3, 0.4) is 0 Å². The largest absolute Gasteiger partial charge is 0.461 e. The van der Waals surface area contributed by atoms with Crippen LogP contribution in [0, 0.1) is 5.92 Å². The normalized spacial score (nSPS) is 15.4. The average Bonchev–Trinajstić information content (AvgIpc) is 3.53. The van der Waals surface area contributed by atoms with Gasteiger partial charge < -0.3 is 14.3 Å². The lowest BCUT2D eigenvalue weighted by molar-refractivity contribution is -0.116. The predicted molar refractivity (Wildman–Crippen MR) is 126 cm³/mol. The monoisotopic (exact) mass is 481 g/mol. The first-order valence-electron chi connectivity index (χ1n) is 10.9. The third kappa shape index (κ3) is 3.52. The predicted octanol–water partition coefficient (Wildman–Crippen LogP) is 2.08. The quantitative estimate of drug-likeness (QED) is 0.436. The summed E-state index contributed by atoms with van der Waals surface area (Å²) in [7, 11) is 3.15. The first-order valence-corrected chi connectivity index (χ1v) is 11.7. The van der Waals surface area contributed by atoms with Crippen molar-refractivity contribution in [2.24, 2.45) is 20.0 Å². The van der Waals surface area contributed by atoms with Gasteiger partial charge in [-0.3, -0.25) is 19.0 Å². The third-order valence-corrected chi connectivity index (χ3v) is 7.41. The first kappa shape index (κ1) is 22.1. The van der Waals surface area contributed by atoms with Crippen molar-refractivity contribution in [3.05, 3.63) is 67.3 Å². The van der Waals surface area contributed by atoms with Gasteiger partial charge >= 0.3 is 5.69 Å². The molecule has 0 fully saturated rings. The van der Waals surface area contributed by atoms with Gasteiger partial charge in [0.15, 0.2) is 16.9 Å². The lowest BCUT2D eigenvalue weighted by Crippen LogP contribution is -2.42. The van der Waals surface area contributed by atoms with Gasteiger partial charge in [0, 0.05) is 19.0 Å². The molecule has 11 heteroatoms. The van der Waals surface area contributed by atoms with Crippen molar-refractivity contribution in [1.29, 1.82) is 0 Å². The molecular formula is C23H23N5O5S. The molecule has 0 spiro atoms. The number of fused-ring (bicyclic) bond motifs is 2. The summed E-state index contributed by atoms with van der Waals surface area (Å²) in [4.78, 5) is 57.1. The van der Waals surface area contributed by atoms with E-state index in [0.29, 0.717) is 16.5 Å². The molecule has 10 nitrogen and oxygen atoms in total. The van der Waals surface area contributed by atoms with Crippen LogP contribution < -0.4 is 16.6 Å². The minimum Gasteiger partial charge on any atom is -0.461 e. The fourth-order valence-electron chi connectivity index (χ4n) is 4.46. The first-order chi connectivity index (χ1) is 16.3. The third-order valence-electron chi connectivity index (χ3n) is 6.24. The minimum atomic E-state index is -0.641. The van der Waals surface area contributed by atoms with E-state index in [-0.39, 0.29) is 22.7 Å². The molecule has 34 heavy (non-hydrogen) atoms. The van der Waals surface area contributed by atoms with E-state index in [2.05, 4.69) is 17.2 Å². The van der Waals surface area contributed by atoms with Crippen molar-refractivity contribution in [2.45, 2.75) is 32.7 Å². The van der Waals surface area contributed by atoms with Gasteiger partial charge in [-0.1, -0.05) is 6.92 Å². The number of thiophene rings is 1. The molecule has 176 valence electrons. The number of imidazole rings is 1. The number of rotatable bonds is 5. The average molecular weight is 482 g/mol. The van der Waals surface area contributed by atoms with Gasteiger partial charge in [-0.05, 0) is 42.9 Å². The number of furan rings is 1. The number of aromatic nitrogens is 4. The molecule has 5 rings (SSSR count). The van der Waals surface area contributed by atoms with Gasteiger partial charge in [-0.25, -0.2) is 14.3 Å². The summed E-state index contributed by atoms with van der Waals surface area (Å²) in [6, 6.07) is 3.24. The second-order valence-corrected chi connectivity index (χ2v) is 9.78. The highest BCUT2D eigenvalue weighted by Crippen LogP contribution is 2.40. The van der Waals surface area contributed by atoms with Crippen LogP contribution in [0.2, 0.25) is 0 Å². The number of carbonyl (C=O) groups is 2. The molecular weight excluding hydrogens is 458 g/mol. The van der Waals surface area contributed by atoms with Gasteiger partial charge in [-0.15, -0.1) is 11.3 Å². The van der Waals surface area contributed by atoms with E-state index in [1.807, 2.05) is 0 Å². The van der Waals surface area contributed by atoms with Crippen LogP contribution in [0.1, 0.15) is 39.9 Å². The maximum absolute atomic E-state index is 13.2. The van der Waals surface area contributed by atoms with Crippen molar-refractivity contribution in [2.75, 3.05) is 5.32 Å². The fourth-order valence-corrected chi connectivity index (χ4v) is 5.88. The molecule has 1 unspecified atom stereocenters. The molecule has 1 amide bonds. The molecule has 0 saturated heterocycles. The highest BCUT2D eigenvalue weighted by atomic mass is 32.1. The lowest BCUT2D eigenvalue weighted by Gasteiger charge is -2.18. The number of amides is 1. The van der Waals surface area contributed by atoms with Crippen LogP contribution in [-0.2, 0) is 38.3 Å². The van der Waals surface area contributed by atoms with E-state index in [1.54, 1.807) is 19.2 Å². The van der Waals surface area contributed by atoms with Crippen LogP contribution in [-0.4, -0.2) is 30.4 Å². The molecule has 0 radical (unpaired) electrons. The Morgan fingerprint density at radius 1 is 1.29 bits per heavy atom. The molecule has 1 N–H and O–H groups in total. The van der Waals surface area contributed by atoms with E-state index in [9.17, 15) is 19.2 Å². The number of ketones is 1. The van der Waals surface area contributed by atoms with E-state index in [0.717, 1.165) is 34.3 Å². The van der Waals surface area contributed by atoms with Crippen LogP contribution in [0.25, 0.3) is 11.2 Å². The van der Waals surface area contributed by atoms with Crippen LogP contribution in [0.4, 0.5) is 5.00 Å². The zero-order valence-corrected chi connectivity index (χ0v) is 19.8. The molecule has 0 bridgehead atoms. The van der Waals surface area contributed by atoms with Gasteiger partial charge in [0.05, 0.1) is 18.2 Å². The number of hydrogen-bond acceptors (Lipinski definition) is 7. The van der Waals surface area contributed by atoms with Crippen LogP contribution >= 0.6 is 11.3 Å². The van der Waals surface area contributed by atoms with E-state index in [1.165, 1.54) is 40.1 Å². The Morgan fingerprint density at radius 3 is 2.82 bits per heavy atom. The van der Waals surface area contributed by atoms with E-state index in [4.69, 9.17) is 4.42 Å². The Balaban J connectivity index is 1.52. The maximum atomic E-state index is 13.2. The molecule has 1 atom stereocenters. The van der Waals surface area contributed by atoms with Crippen molar-refractivity contribution in [3.8, 4) is 0 Å². The Labute approximate surface area is 197 Å². The number of carbonyl (C=O) groups excluding carboxylic acids is 2. The van der Waals surface area contributed by atoms with Crippen LogP contribution in [0.5, 0.6) is 0 Å². The molecule has 0 aliphatic heterocycles. The molecule has 0 aromatic carbocycles. The zero-order valence-electron chi connectivity index (χ0n) is 19.0. The van der Waals surface area contributed by atoms with Gasteiger partial charge in [0.25, 0.3) is 5.56 Å². The Hall–Kier alpha value is -3.73. The highest BCUT2D eigenvalue weighted by Gasteiger charge is 2.30. The minimum absolute atomic E-state index is 0.196. The number of nitrogens with zero attached hydrogens (tertiary/aromatic N) is 4. The summed E-state index contributed by atoms with van der Waals surface area (Å²) >= 11 is 1.37. The molecule has 0 saturated carbocycles. The standard InChI is InChI=1S/C23H23N5O5S/c1-12-6-7-13-15(9-12)34-21(17(13)19(30)14-5-4-8-33-14)25-16(29)10-28-22(31)18-20(24-11-26(18)2)27(3)23(28)32/h4-5,8,11-12H,6-7,9-10H2,1-3H3,(H,25,29). The van der Waals surface area contributed by atoms with Gasteiger partial charge in [0.1, 0.15) is 11.5 Å². The van der Waals surface area contributed by atoms with Crippen molar-refractivity contribution in [3.63, 3.8) is 0 Å². The Kier molecular flexibility index (Phi) is 5.35. The van der Waals surface area contributed by atoms with Crippen molar-refractivity contribution in [1.82, 2.24) is 18.7 Å². The van der Waals surface area contributed by atoms with Crippen molar-refractivity contribution >= 4 is 39.2 Å². The topological polar surface area (TPSA) is 121 Å². The SMILES string of the molecule is CC1CCc2c(sc(NC(=O)Cn3c(=O)c4c(ncn4C)n(C)c3=O)c2C(=O)c2ccco2)C1. The molecule has 4 aromatic rings. The number of hydrogen-bond donors (Lipinski definition) is 1. The fraction of sp³-hybridized carbons (Fsp3) is 0.348. The van der Waals surface area contributed by atoms with Gasteiger partial charge in [0.2, 0.25) is 11.7 Å². The molecule has 1 aliphatic carbocycles. The second-order valence-electron chi connectivity index (χ2n) is 8.67. The Morgan fingerprint density at radius 2 is 2.09 bits per heavy atom. The highest BCUT2D eigenvalue weighted by molar-refractivity contribution is 7.17. The van der Waals surface area contributed by atoms with Gasteiger partial charge in [-0.2, -0.15) is 0 Å². The Bertz CT molecular complexity index is 1550. The molecule has 4 aromatic heterocycles. The molecule has 1 aliphatic rings. The summed E-state index contributed by atoms with van der Waals surface area (Å²) in [5.74, 6) is -0.187. The van der Waals surface area contributed by atoms with E-state index < -0.39 is 23.7 Å². The summed E-state index contributed by atoms with van der Waals surface area (Å²) < 4.78 is 8.95. The van der Waals surface area contributed by atoms with E-state index >= 15 is 0 Å². The summed E-state index contributed by atoms with van der Waals surface area (Å²) in [5.41, 5.74) is 0.600. The van der Waals surface area contributed by atoms with Crippen LogP contribution in [0.15, 0.2) is 38.7 Å². The molecule has 4 heterocycles. The number of nitrogens with one attached hydrogen (secondary N) is 1. The summed E-state index contributed by atoms with van der Waals surface area (Å²) in [6.07, 6.45) is 5.39. The number of anilines is 1. The maximum Gasteiger partial charge on any atom is 0.332 e. The smallest absolute Gasteiger partial charge is 0.332 e.